The van der Waals surface area contributed by atoms with Gasteiger partial charge in [0.15, 0.2) is 5.78 Å². The highest BCUT2D eigenvalue weighted by atomic mass is 16.5. The Kier molecular flexibility index (Phi) is 8.59. The van der Waals surface area contributed by atoms with Crippen molar-refractivity contribution in [2.45, 2.75) is 57.5 Å². The highest BCUT2D eigenvalue weighted by molar-refractivity contribution is 5.99. The smallest absolute Gasteiger partial charge is 0.269 e. The first-order valence-corrected chi connectivity index (χ1v) is 11.1. The fraction of sp³-hybridized carbons (Fsp3) is 0.480. The number of Topliss-reactive ketones (excluding diaryl/α,β-unsaturated/α-hetero) is 1. The molecule has 0 saturated carbocycles. The molecular weight excluding hydrogens is 392 g/mol. The molecule has 1 saturated heterocycles. The van der Waals surface area contributed by atoms with Crippen LogP contribution in [0.3, 0.4) is 0 Å². The number of nitrogens with one attached hydrogen (secondary N) is 1. The standard InChI is InChI=1S/C25H32N2O4/c1-26-25(29)23-17-19(24(28)12-4-3-9-21-10-5-6-13-31-21)16-20(27-23)14-18-8-7-11-22(15-18)30-2/h7-8,11,15-17,21H,3-6,9-10,12-14H2,1-2H3,(H,26,29)/t21-/m0/s1. The lowest BCUT2D eigenvalue weighted by Crippen LogP contribution is -2.20. The Bertz CT molecular complexity index is 891. The van der Waals surface area contributed by atoms with Crippen LogP contribution in [0.15, 0.2) is 36.4 Å². The van der Waals surface area contributed by atoms with E-state index in [1.165, 1.54) is 6.42 Å². The van der Waals surface area contributed by atoms with Crippen molar-refractivity contribution < 1.29 is 19.1 Å². The predicted molar refractivity (Wildman–Crippen MR) is 120 cm³/mol. The minimum absolute atomic E-state index is 0.0454. The number of rotatable bonds is 10. The molecule has 1 fully saturated rings. The Morgan fingerprint density at radius 2 is 2.06 bits per heavy atom. The summed E-state index contributed by atoms with van der Waals surface area (Å²) in [5.41, 5.74) is 2.50. The molecule has 2 heterocycles. The van der Waals surface area contributed by atoms with E-state index in [0.717, 1.165) is 50.0 Å². The maximum atomic E-state index is 12.9. The molecule has 166 valence electrons. The third-order valence-corrected chi connectivity index (χ3v) is 5.63. The Morgan fingerprint density at radius 1 is 1.19 bits per heavy atom. The van der Waals surface area contributed by atoms with Crippen LogP contribution in [0.5, 0.6) is 5.75 Å². The van der Waals surface area contributed by atoms with Gasteiger partial charge in [-0.15, -0.1) is 0 Å². The summed E-state index contributed by atoms with van der Waals surface area (Å²) < 4.78 is 11.1. The highest BCUT2D eigenvalue weighted by Gasteiger charge is 2.16. The van der Waals surface area contributed by atoms with E-state index in [4.69, 9.17) is 9.47 Å². The second-order valence-electron chi connectivity index (χ2n) is 8.00. The summed E-state index contributed by atoms with van der Waals surface area (Å²) in [5, 5.41) is 2.60. The summed E-state index contributed by atoms with van der Waals surface area (Å²) in [6.07, 6.45) is 7.64. The zero-order valence-electron chi connectivity index (χ0n) is 18.5. The zero-order chi connectivity index (χ0) is 22.1. The Balaban J connectivity index is 1.66. The molecule has 0 aliphatic carbocycles. The SMILES string of the molecule is CNC(=O)c1cc(C(=O)CCCC[C@H]2CCCCO2)cc(Cc2cccc(OC)c2)n1. The average Bonchev–Trinajstić information content (AvgIpc) is 2.81. The van der Waals surface area contributed by atoms with Crippen molar-refractivity contribution in [3.63, 3.8) is 0 Å². The third kappa shape index (κ3) is 6.89. The summed E-state index contributed by atoms with van der Waals surface area (Å²) in [7, 11) is 3.19. The van der Waals surface area contributed by atoms with Crippen LogP contribution in [0.25, 0.3) is 0 Å². The average molecular weight is 425 g/mol. The minimum atomic E-state index is -0.295. The lowest BCUT2D eigenvalue weighted by molar-refractivity contribution is 0.00979. The molecule has 1 amide bonds. The number of hydrogen-bond acceptors (Lipinski definition) is 5. The summed E-state index contributed by atoms with van der Waals surface area (Å²) in [6.45, 7) is 0.860. The summed E-state index contributed by atoms with van der Waals surface area (Å²) in [5.74, 6) is 0.512. The Morgan fingerprint density at radius 3 is 2.81 bits per heavy atom. The van der Waals surface area contributed by atoms with Gasteiger partial charge in [-0.2, -0.15) is 0 Å². The zero-order valence-corrected chi connectivity index (χ0v) is 18.5. The molecule has 1 aromatic carbocycles. The molecule has 6 heteroatoms. The van der Waals surface area contributed by atoms with Gasteiger partial charge < -0.3 is 14.8 Å². The first-order valence-electron chi connectivity index (χ1n) is 11.1. The molecule has 0 unspecified atom stereocenters. The summed E-state index contributed by atoms with van der Waals surface area (Å²) >= 11 is 0. The second kappa shape index (κ2) is 11.6. The third-order valence-electron chi connectivity index (χ3n) is 5.63. The number of aromatic nitrogens is 1. The van der Waals surface area contributed by atoms with Gasteiger partial charge in [0, 0.05) is 37.8 Å². The molecule has 1 N–H and O–H groups in total. The topological polar surface area (TPSA) is 77.5 Å². The Labute approximate surface area is 184 Å². The van der Waals surface area contributed by atoms with Crippen LogP contribution in [-0.2, 0) is 11.2 Å². The van der Waals surface area contributed by atoms with Crippen molar-refractivity contribution >= 4 is 11.7 Å². The van der Waals surface area contributed by atoms with Gasteiger partial charge in [-0.1, -0.05) is 18.6 Å². The molecule has 0 radical (unpaired) electrons. The minimum Gasteiger partial charge on any atom is -0.497 e. The number of hydrogen-bond donors (Lipinski definition) is 1. The lowest BCUT2D eigenvalue weighted by Gasteiger charge is -2.22. The van der Waals surface area contributed by atoms with Gasteiger partial charge in [0.2, 0.25) is 0 Å². The van der Waals surface area contributed by atoms with E-state index in [9.17, 15) is 9.59 Å². The van der Waals surface area contributed by atoms with Gasteiger partial charge >= 0.3 is 0 Å². The Hall–Kier alpha value is -2.73. The van der Waals surface area contributed by atoms with Gasteiger partial charge in [-0.05, 0) is 61.9 Å². The lowest BCUT2D eigenvalue weighted by atomic mass is 9.99. The van der Waals surface area contributed by atoms with Crippen molar-refractivity contribution in [1.29, 1.82) is 0 Å². The predicted octanol–water partition coefficient (Wildman–Crippen LogP) is 4.35. The molecule has 3 rings (SSSR count). The molecule has 6 nitrogen and oxygen atoms in total. The van der Waals surface area contributed by atoms with E-state index >= 15 is 0 Å². The molecule has 1 aliphatic heterocycles. The largest absolute Gasteiger partial charge is 0.497 e. The molecule has 1 aromatic heterocycles. The van der Waals surface area contributed by atoms with E-state index in [1.807, 2.05) is 24.3 Å². The normalized spacial score (nSPS) is 16.0. The summed E-state index contributed by atoms with van der Waals surface area (Å²) in [4.78, 5) is 29.5. The van der Waals surface area contributed by atoms with Gasteiger partial charge in [-0.25, -0.2) is 4.98 Å². The van der Waals surface area contributed by atoms with E-state index in [-0.39, 0.29) is 17.4 Å². The number of unbranched alkanes of at least 4 members (excludes halogenated alkanes) is 1. The van der Waals surface area contributed by atoms with E-state index in [1.54, 1.807) is 26.3 Å². The van der Waals surface area contributed by atoms with Gasteiger partial charge in [0.1, 0.15) is 11.4 Å². The first-order chi connectivity index (χ1) is 15.1. The quantitative estimate of drug-likeness (QED) is 0.453. The van der Waals surface area contributed by atoms with Gasteiger partial charge in [-0.3, -0.25) is 9.59 Å². The van der Waals surface area contributed by atoms with Crippen LogP contribution in [-0.4, -0.2) is 43.5 Å². The fourth-order valence-electron chi connectivity index (χ4n) is 3.91. The number of carbonyl (C=O) groups is 2. The van der Waals surface area contributed by atoms with E-state index in [2.05, 4.69) is 10.3 Å². The number of carbonyl (C=O) groups excluding carboxylic acids is 2. The highest BCUT2D eigenvalue weighted by Crippen LogP contribution is 2.20. The number of benzene rings is 1. The molecule has 0 bridgehead atoms. The second-order valence-corrected chi connectivity index (χ2v) is 8.00. The molecule has 2 aromatic rings. The van der Waals surface area contributed by atoms with Gasteiger partial charge in [0.25, 0.3) is 5.91 Å². The number of nitrogens with zero attached hydrogens (tertiary/aromatic N) is 1. The number of ketones is 1. The van der Waals surface area contributed by atoms with E-state index < -0.39 is 0 Å². The van der Waals surface area contributed by atoms with E-state index in [0.29, 0.717) is 30.2 Å². The van der Waals surface area contributed by atoms with Crippen LogP contribution in [0.4, 0.5) is 0 Å². The number of amides is 1. The number of pyridine rings is 1. The number of methoxy groups -OCH3 is 1. The first kappa shape index (κ1) is 22.9. The van der Waals surface area contributed by atoms with Crippen molar-refractivity contribution in [3.8, 4) is 5.75 Å². The molecular formula is C25H32N2O4. The monoisotopic (exact) mass is 424 g/mol. The molecule has 0 spiro atoms. The van der Waals surface area contributed by atoms with Crippen LogP contribution in [0.1, 0.15) is 77.0 Å². The van der Waals surface area contributed by atoms with Crippen LogP contribution >= 0.6 is 0 Å². The number of ether oxygens (including phenoxy) is 2. The van der Waals surface area contributed by atoms with Crippen molar-refractivity contribution in [1.82, 2.24) is 10.3 Å². The van der Waals surface area contributed by atoms with Gasteiger partial charge in [0.05, 0.1) is 13.2 Å². The van der Waals surface area contributed by atoms with Crippen molar-refractivity contribution in [2.75, 3.05) is 20.8 Å². The van der Waals surface area contributed by atoms with Crippen LogP contribution < -0.4 is 10.1 Å². The maximum Gasteiger partial charge on any atom is 0.269 e. The molecule has 1 aliphatic rings. The fourth-order valence-corrected chi connectivity index (χ4v) is 3.91. The summed E-state index contributed by atoms with van der Waals surface area (Å²) in [6, 6.07) is 11.1. The maximum absolute atomic E-state index is 12.9. The molecule has 1 atom stereocenters. The van der Waals surface area contributed by atoms with Crippen molar-refractivity contribution in [3.05, 3.63) is 58.9 Å². The molecule has 31 heavy (non-hydrogen) atoms. The van der Waals surface area contributed by atoms with Crippen LogP contribution in [0, 0.1) is 0 Å². The van der Waals surface area contributed by atoms with Crippen molar-refractivity contribution in [2.24, 2.45) is 0 Å². The van der Waals surface area contributed by atoms with Crippen LogP contribution in [0.2, 0.25) is 0 Å².